The van der Waals surface area contributed by atoms with Crippen molar-refractivity contribution in [1.82, 2.24) is 9.97 Å². The monoisotopic (exact) mass is 402 g/mol. The van der Waals surface area contributed by atoms with Gasteiger partial charge in [0.15, 0.2) is 0 Å². The smallest absolute Gasteiger partial charge is 0.212 e. The molecule has 0 saturated carbocycles. The van der Waals surface area contributed by atoms with Gasteiger partial charge in [0.1, 0.15) is 5.75 Å². The van der Waals surface area contributed by atoms with Crippen LogP contribution in [0.15, 0.2) is 77.3 Å². The fourth-order valence-electron chi connectivity index (χ4n) is 2.73. The maximum atomic E-state index is 10.1. The topological polar surface area (TPSA) is 79.6 Å². The Hall–Kier alpha value is -3.71. The molecule has 0 unspecified atom stereocenters. The highest BCUT2D eigenvalue weighted by molar-refractivity contribution is 7.14. The molecule has 0 bridgehead atoms. The third-order valence-electron chi connectivity index (χ3n) is 4.24. The molecule has 0 aliphatic heterocycles. The number of hydrazone groups is 1. The van der Waals surface area contributed by atoms with E-state index in [1.165, 1.54) is 11.3 Å². The highest BCUT2D eigenvalue weighted by atomic mass is 32.1. The molecule has 0 aliphatic carbocycles. The molecule has 0 spiro atoms. The Morgan fingerprint density at radius 1 is 1.03 bits per heavy atom. The number of nitrogens with one attached hydrogen (secondary N) is 1. The molecule has 0 fully saturated rings. The van der Waals surface area contributed by atoms with Gasteiger partial charge in [0.25, 0.3) is 0 Å². The molecule has 0 amide bonds. The number of hydrogen-bond donors (Lipinski definition) is 2. The highest BCUT2D eigenvalue weighted by Crippen LogP contribution is 2.26. The molecule has 2 N–H and O–H groups in total. The van der Waals surface area contributed by atoms with Crippen LogP contribution in [0.2, 0.25) is 0 Å². The number of pyridine rings is 1. The van der Waals surface area contributed by atoms with E-state index in [0.29, 0.717) is 16.6 Å². The van der Waals surface area contributed by atoms with E-state index in [2.05, 4.69) is 20.5 Å². The van der Waals surface area contributed by atoms with Crippen LogP contribution in [0.4, 0.5) is 5.13 Å². The van der Waals surface area contributed by atoms with Crippen LogP contribution in [0.3, 0.4) is 0 Å². The molecule has 0 radical (unpaired) electrons. The first-order valence-electron chi connectivity index (χ1n) is 8.86. The normalized spacial score (nSPS) is 10.9. The Kier molecular flexibility index (Phi) is 5.49. The maximum absolute atomic E-state index is 10.1. The molecule has 0 atom stereocenters. The summed E-state index contributed by atoms with van der Waals surface area (Å²) in [6.45, 7) is 0. The van der Waals surface area contributed by atoms with Crippen molar-refractivity contribution in [1.29, 1.82) is 0 Å². The molecule has 4 rings (SSSR count). The van der Waals surface area contributed by atoms with E-state index in [4.69, 9.17) is 4.74 Å². The number of rotatable bonds is 6. The number of aromatic nitrogens is 2. The van der Waals surface area contributed by atoms with E-state index in [0.717, 1.165) is 22.4 Å². The lowest BCUT2D eigenvalue weighted by atomic mass is 10.0. The van der Waals surface area contributed by atoms with Crippen LogP contribution < -0.4 is 10.2 Å². The number of benzene rings is 2. The fourth-order valence-corrected chi connectivity index (χ4v) is 3.40. The Balaban J connectivity index is 1.49. The van der Waals surface area contributed by atoms with Gasteiger partial charge in [-0.3, -0.25) is 5.43 Å². The summed E-state index contributed by atoms with van der Waals surface area (Å²) >= 11 is 1.47. The molecule has 2 aromatic heterocycles. The van der Waals surface area contributed by atoms with Crippen molar-refractivity contribution in [3.05, 3.63) is 77.8 Å². The minimum absolute atomic E-state index is 0.143. The number of methoxy groups -OCH3 is 1. The molecular formula is C22H18N4O2S. The van der Waals surface area contributed by atoms with Crippen LogP contribution in [0.25, 0.3) is 22.4 Å². The van der Waals surface area contributed by atoms with Crippen molar-refractivity contribution in [2.24, 2.45) is 5.10 Å². The van der Waals surface area contributed by atoms with Crippen molar-refractivity contribution >= 4 is 22.7 Å². The second kappa shape index (κ2) is 8.53. The summed E-state index contributed by atoms with van der Waals surface area (Å²) in [5.74, 6) is 0.696. The summed E-state index contributed by atoms with van der Waals surface area (Å²) in [6.07, 6.45) is 3.30. The molecule has 0 aliphatic rings. The lowest BCUT2D eigenvalue weighted by molar-refractivity contribution is 0.398. The van der Waals surface area contributed by atoms with Crippen molar-refractivity contribution in [2.45, 2.75) is 0 Å². The van der Waals surface area contributed by atoms with Crippen LogP contribution in [0.1, 0.15) is 5.56 Å². The summed E-state index contributed by atoms with van der Waals surface area (Å²) < 4.78 is 5.09. The van der Waals surface area contributed by atoms with E-state index in [1.54, 1.807) is 31.7 Å². The highest BCUT2D eigenvalue weighted by Gasteiger charge is 2.05. The van der Waals surface area contributed by atoms with E-state index in [-0.39, 0.29) is 5.75 Å². The summed E-state index contributed by atoms with van der Waals surface area (Å²) in [5, 5.41) is 17.0. The van der Waals surface area contributed by atoms with Crippen molar-refractivity contribution in [3.63, 3.8) is 0 Å². The first-order chi connectivity index (χ1) is 14.2. The molecule has 7 heteroatoms. The SMILES string of the molecule is COc1ccc(-c2ccc(O)c(C=NNc3nc(-c4ccccc4)cs3)c2)cn1. The minimum Gasteiger partial charge on any atom is -0.507 e. The lowest BCUT2D eigenvalue weighted by Gasteiger charge is -2.05. The molecule has 144 valence electrons. The van der Waals surface area contributed by atoms with Gasteiger partial charge in [0.2, 0.25) is 11.0 Å². The largest absolute Gasteiger partial charge is 0.507 e. The van der Waals surface area contributed by atoms with Crippen LogP contribution in [0.5, 0.6) is 11.6 Å². The van der Waals surface area contributed by atoms with Gasteiger partial charge in [-0.2, -0.15) is 5.10 Å². The van der Waals surface area contributed by atoms with Crippen molar-refractivity contribution in [3.8, 4) is 34.0 Å². The molecule has 6 nitrogen and oxygen atoms in total. The zero-order valence-electron chi connectivity index (χ0n) is 15.6. The van der Waals surface area contributed by atoms with Gasteiger partial charge in [-0.05, 0) is 23.8 Å². The first-order valence-corrected chi connectivity index (χ1v) is 9.74. The predicted molar refractivity (Wildman–Crippen MR) is 117 cm³/mol. The number of aromatic hydroxyl groups is 1. The number of ether oxygens (including phenoxy) is 1. The predicted octanol–water partition coefficient (Wildman–Crippen LogP) is 5.03. The molecular weight excluding hydrogens is 384 g/mol. The van der Waals surface area contributed by atoms with E-state index in [1.807, 2.05) is 53.9 Å². The summed E-state index contributed by atoms with van der Waals surface area (Å²) in [7, 11) is 1.58. The van der Waals surface area contributed by atoms with Gasteiger partial charge in [0, 0.05) is 34.3 Å². The second-order valence-electron chi connectivity index (χ2n) is 6.14. The molecule has 2 aromatic carbocycles. The second-order valence-corrected chi connectivity index (χ2v) is 6.99. The summed E-state index contributed by atoms with van der Waals surface area (Å²) in [6, 6.07) is 19.0. The zero-order chi connectivity index (χ0) is 20.1. The van der Waals surface area contributed by atoms with Crippen LogP contribution in [0, 0.1) is 0 Å². The Morgan fingerprint density at radius 3 is 2.62 bits per heavy atom. The quantitative estimate of drug-likeness (QED) is 0.349. The van der Waals surface area contributed by atoms with Crippen LogP contribution in [-0.4, -0.2) is 28.4 Å². The molecule has 0 saturated heterocycles. The average Bonchev–Trinajstić information content (AvgIpc) is 3.25. The van der Waals surface area contributed by atoms with E-state index in [9.17, 15) is 5.11 Å². The summed E-state index contributed by atoms with van der Waals surface area (Å²) in [4.78, 5) is 8.74. The number of phenols is 1. The third-order valence-corrected chi connectivity index (χ3v) is 4.99. The minimum atomic E-state index is 0.143. The lowest BCUT2D eigenvalue weighted by Crippen LogP contribution is -1.92. The summed E-state index contributed by atoms with van der Waals surface area (Å²) in [5.41, 5.74) is 7.29. The van der Waals surface area contributed by atoms with Crippen molar-refractivity contribution in [2.75, 3.05) is 12.5 Å². The Labute approximate surface area is 172 Å². The number of hydrogen-bond acceptors (Lipinski definition) is 7. The number of phenolic OH excluding ortho intramolecular Hbond substituents is 1. The third kappa shape index (κ3) is 4.41. The number of nitrogens with zero attached hydrogens (tertiary/aromatic N) is 3. The molecule has 2 heterocycles. The first kappa shape index (κ1) is 18.6. The van der Waals surface area contributed by atoms with Gasteiger partial charge in [-0.15, -0.1) is 11.3 Å². The molecule has 29 heavy (non-hydrogen) atoms. The van der Waals surface area contributed by atoms with Gasteiger partial charge < -0.3 is 9.84 Å². The Bertz CT molecular complexity index is 1130. The van der Waals surface area contributed by atoms with E-state index >= 15 is 0 Å². The Morgan fingerprint density at radius 2 is 1.86 bits per heavy atom. The zero-order valence-corrected chi connectivity index (χ0v) is 16.4. The van der Waals surface area contributed by atoms with Crippen LogP contribution in [-0.2, 0) is 0 Å². The van der Waals surface area contributed by atoms with Gasteiger partial charge in [0.05, 0.1) is 19.0 Å². The van der Waals surface area contributed by atoms with Gasteiger partial charge in [-0.25, -0.2) is 9.97 Å². The molecule has 4 aromatic rings. The number of thiazole rings is 1. The van der Waals surface area contributed by atoms with E-state index < -0.39 is 0 Å². The average molecular weight is 402 g/mol. The van der Waals surface area contributed by atoms with Gasteiger partial charge in [-0.1, -0.05) is 36.4 Å². The standard InChI is InChI=1S/C22H18N4O2S/c1-28-21-10-8-17(12-23-21)16-7-9-20(27)18(11-16)13-24-26-22-25-19(14-29-22)15-5-3-2-4-6-15/h2-14,27H,1H3,(H,25,26). The van der Waals surface area contributed by atoms with Crippen LogP contribution >= 0.6 is 11.3 Å². The van der Waals surface area contributed by atoms with Crippen molar-refractivity contribution < 1.29 is 9.84 Å². The maximum Gasteiger partial charge on any atom is 0.212 e. The van der Waals surface area contributed by atoms with Gasteiger partial charge >= 0.3 is 0 Å². The fraction of sp³-hybridized carbons (Fsp3) is 0.0455. The number of anilines is 1.